The van der Waals surface area contributed by atoms with Gasteiger partial charge in [0.25, 0.3) is 0 Å². The first-order chi connectivity index (χ1) is 7.56. The van der Waals surface area contributed by atoms with Gasteiger partial charge in [-0.3, -0.25) is 0 Å². The van der Waals surface area contributed by atoms with E-state index in [9.17, 15) is 0 Å². The van der Waals surface area contributed by atoms with E-state index in [4.69, 9.17) is 5.11 Å². The van der Waals surface area contributed by atoms with Crippen LogP contribution in [0.3, 0.4) is 0 Å². The smallest absolute Gasteiger partial charge is 0.115 e. The summed E-state index contributed by atoms with van der Waals surface area (Å²) in [4.78, 5) is 0. The highest BCUT2D eigenvalue weighted by Gasteiger charge is 1.89. The summed E-state index contributed by atoms with van der Waals surface area (Å²) in [6, 6.07) is 7.37. The Morgan fingerprint density at radius 3 is 1.69 bits per heavy atom. The van der Waals surface area contributed by atoms with E-state index in [0.717, 1.165) is 18.8 Å². The Labute approximate surface area is 102 Å². The summed E-state index contributed by atoms with van der Waals surface area (Å²) in [5.41, 5.74) is 1.29. The van der Waals surface area contributed by atoms with Crippen molar-refractivity contribution in [1.29, 1.82) is 0 Å². The van der Waals surface area contributed by atoms with Crippen molar-refractivity contribution in [3.63, 3.8) is 0 Å². The molecule has 1 heteroatoms. The molecule has 1 nitrogen and oxygen atoms in total. The Morgan fingerprint density at radius 2 is 1.38 bits per heavy atom. The van der Waals surface area contributed by atoms with Crippen molar-refractivity contribution < 1.29 is 5.11 Å². The second kappa shape index (κ2) is 12.1. The van der Waals surface area contributed by atoms with Crippen molar-refractivity contribution in [2.75, 3.05) is 0 Å². The Balaban J connectivity index is 0. The first-order valence-electron chi connectivity index (χ1n) is 6.34. The van der Waals surface area contributed by atoms with Gasteiger partial charge < -0.3 is 5.11 Å². The van der Waals surface area contributed by atoms with Crippen LogP contribution in [-0.2, 0) is 6.42 Å². The van der Waals surface area contributed by atoms with E-state index >= 15 is 0 Å². The van der Waals surface area contributed by atoms with Crippen LogP contribution < -0.4 is 0 Å². The quantitative estimate of drug-likeness (QED) is 0.746. The van der Waals surface area contributed by atoms with Gasteiger partial charge in [0.1, 0.15) is 5.75 Å². The minimum atomic E-state index is 0.347. The molecule has 0 bridgehead atoms. The third kappa shape index (κ3) is 13.0. The van der Waals surface area contributed by atoms with Crippen molar-refractivity contribution in [2.24, 2.45) is 5.92 Å². The van der Waals surface area contributed by atoms with Gasteiger partial charge in [-0.15, -0.1) is 0 Å². The molecule has 1 rings (SSSR count). The number of aromatic hydroxyl groups is 1. The van der Waals surface area contributed by atoms with E-state index in [1.807, 2.05) is 26.0 Å². The van der Waals surface area contributed by atoms with Crippen LogP contribution in [0.4, 0.5) is 0 Å². The molecule has 0 amide bonds. The van der Waals surface area contributed by atoms with Gasteiger partial charge in [-0.1, -0.05) is 60.1 Å². The molecule has 0 radical (unpaired) electrons. The molecule has 0 aromatic heterocycles. The van der Waals surface area contributed by atoms with Gasteiger partial charge in [-0.25, -0.2) is 0 Å². The van der Waals surface area contributed by atoms with E-state index in [0.29, 0.717) is 5.75 Å². The second-order valence-electron chi connectivity index (χ2n) is 4.15. The number of rotatable bonds is 2. The molecule has 1 aromatic rings. The summed E-state index contributed by atoms with van der Waals surface area (Å²) in [5.74, 6) is 1.18. The first kappa shape index (κ1) is 17.4. The topological polar surface area (TPSA) is 20.2 Å². The fraction of sp³-hybridized carbons (Fsp3) is 0.600. The molecule has 0 unspecified atom stereocenters. The molecular weight excluding hydrogens is 196 g/mol. The fourth-order valence-electron chi connectivity index (χ4n) is 0.951. The van der Waals surface area contributed by atoms with Gasteiger partial charge in [-0.05, 0) is 30.0 Å². The highest BCUT2D eigenvalue weighted by atomic mass is 16.3. The van der Waals surface area contributed by atoms with Gasteiger partial charge in [0.05, 0.1) is 0 Å². The summed E-state index contributed by atoms with van der Waals surface area (Å²) in [7, 11) is 0. The molecule has 0 aliphatic carbocycles. The van der Waals surface area contributed by atoms with Crippen molar-refractivity contribution in [3.05, 3.63) is 29.8 Å². The Morgan fingerprint density at radius 1 is 1.00 bits per heavy atom. The maximum absolute atomic E-state index is 8.92. The summed E-state index contributed by atoms with van der Waals surface area (Å²) in [6.07, 6.45) is 2.26. The number of hydrogen-bond acceptors (Lipinski definition) is 1. The maximum atomic E-state index is 8.92. The van der Waals surface area contributed by atoms with Crippen LogP contribution >= 0.6 is 0 Å². The third-order valence-corrected chi connectivity index (χ3v) is 1.48. The van der Waals surface area contributed by atoms with Crippen molar-refractivity contribution in [1.82, 2.24) is 0 Å². The molecule has 0 saturated heterocycles. The van der Waals surface area contributed by atoms with Crippen LogP contribution in [-0.4, -0.2) is 5.11 Å². The van der Waals surface area contributed by atoms with E-state index in [1.165, 1.54) is 5.56 Å². The molecule has 1 aromatic carbocycles. The average molecular weight is 224 g/mol. The van der Waals surface area contributed by atoms with Crippen LogP contribution in [0.2, 0.25) is 0 Å². The van der Waals surface area contributed by atoms with Crippen LogP contribution in [0.25, 0.3) is 0 Å². The lowest BCUT2D eigenvalue weighted by molar-refractivity contribution is 0.475. The van der Waals surface area contributed by atoms with Crippen LogP contribution in [0.1, 0.15) is 53.5 Å². The third-order valence-electron chi connectivity index (χ3n) is 1.48. The van der Waals surface area contributed by atoms with Gasteiger partial charge >= 0.3 is 0 Å². The molecular formula is C15H28O. The molecule has 0 saturated carbocycles. The highest BCUT2D eigenvalue weighted by Crippen LogP contribution is 2.10. The molecule has 0 fully saturated rings. The predicted molar refractivity (Wildman–Crippen MR) is 74.0 cm³/mol. The van der Waals surface area contributed by atoms with Crippen molar-refractivity contribution in [3.8, 4) is 5.75 Å². The van der Waals surface area contributed by atoms with E-state index in [2.05, 4.69) is 27.7 Å². The van der Waals surface area contributed by atoms with E-state index < -0.39 is 0 Å². The van der Waals surface area contributed by atoms with E-state index in [-0.39, 0.29) is 0 Å². The zero-order valence-electron chi connectivity index (χ0n) is 11.7. The monoisotopic (exact) mass is 224 g/mol. The SMILES string of the molecule is CC.CC(C)C.CCCc1ccc(O)cc1. The summed E-state index contributed by atoms with van der Waals surface area (Å²) >= 11 is 0. The Hall–Kier alpha value is -0.980. The number of hydrogen-bond donors (Lipinski definition) is 1. The zero-order chi connectivity index (χ0) is 13.0. The average Bonchev–Trinajstić information content (AvgIpc) is 2.24. The molecule has 0 spiro atoms. The Bertz CT molecular complexity index is 221. The van der Waals surface area contributed by atoms with Crippen LogP contribution in [0.5, 0.6) is 5.75 Å². The molecule has 1 N–H and O–H groups in total. The van der Waals surface area contributed by atoms with Crippen molar-refractivity contribution >= 4 is 0 Å². The minimum absolute atomic E-state index is 0.347. The Kier molecular flexibility index (Phi) is 13.2. The van der Waals surface area contributed by atoms with E-state index in [1.54, 1.807) is 12.1 Å². The maximum Gasteiger partial charge on any atom is 0.115 e. The van der Waals surface area contributed by atoms with Crippen LogP contribution in [0.15, 0.2) is 24.3 Å². The lowest BCUT2D eigenvalue weighted by Gasteiger charge is -1.96. The first-order valence-corrected chi connectivity index (χ1v) is 6.34. The lowest BCUT2D eigenvalue weighted by atomic mass is 10.1. The number of phenolic OH excluding ortho intramolecular Hbond substituents is 1. The molecule has 0 atom stereocenters. The van der Waals surface area contributed by atoms with Crippen LogP contribution in [0, 0.1) is 5.92 Å². The molecule has 94 valence electrons. The van der Waals surface area contributed by atoms with Gasteiger partial charge in [0.15, 0.2) is 0 Å². The lowest BCUT2D eigenvalue weighted by Crippen LogP contribution is -1.79. The van der Waals surface area contributed by atoms with Gasteiger partial charge in [0.2, 0.25) is 0 Å². The summed E-state index contributed by atoms with van der Waals surface area (Å²) < 4.78 is 0. The summed E-state index contributed by atoms with van der Waals surface area (Å²) in [5, 5.41) is 8.92. The van der Waals surface area contributed by atoms with Gasteiger partial charge in [-0.2, -0.15) is 0 Å². The zero-order valence-corrected chi connectivity index (χ0v) is 11.7. The van der Waals surface area contributed by atoms with Crippen molar-refractivity contribution in [2.45, 2.75) is 54.4 Å². The number of aryl methyl sites for hydroxylation is 1. The number of phenols is 1. The number of benzene rings is 1. The minimum Gasteiger partial charge on any atom is -0.508 e. The largest absolute Gasteiger partial charge is 0.508 e. The predicted octanol–water partition coefficient (Wildman–Crippen LogP) is 5.03. The highest BCUT2D eigenvalue weighted by molar-refractivity contribution is 5.25. The molecule has 0 heterocycles. The second-order valence-corrected chi connectivity index (χ2v) is 4.15. The molecule has 16 heavy (non-hydrogen) atoms. The standard InChI is InChI=1S/C9H12O.C4H10.C2H6/c1-2-3-8-4-6-9(10)7-5-8;1-4(2)3;1-2/h4-7,10H,2-3H2,1H3;4H,1-3H3;1-2H3. The fourth-order valence-corrected chi connectivity index (χ4v) is 0.951. The van der Waals surface area contributed by atoms with Gasteiger partial charge in [0, 0.05) is 0 Å². The molecule has 0 aliphatic rings. The summed E-state index contributed by atoms with van der Waals surface area (Å²) in [6.45, 7) is 12.6. The normalized spacial score (nSPS) is 8.69. The molecule has 0 aliphatic heterocycles.